The molecule has 0 radical (unpaired) electrons. The number of aliphatic hydroxyl groups excluding tert-OH is 1. The summed E-state index contributed by atoms with van der Waals surface area (Å²) in [6.07, 6.45) is -0.701. The summed E-state index contributed by atoms with van der Waals surface area (Å²) in [4.78, 5) is 0.853. The summed E-state index contributed by atoms with van der Waals surface area (Å²) in [5, 5.41) is 12.0. The zero-order valence-electron chi connectivity index (χ0n) is 6.61. The lowest BCUT2D eigenvalue weighted by Crippen LogP contribution is -1.93. The van der Waals surface area contributed by atoms with Gasteiger partial charge in [-0.1, -0.05) is 6.07 Å². The Kier molecular flexibility index (Phi) is 2.40. The predicted molar refractivity (Wildman–Crippen MR) is 52.1 cm³/mol. The molecule has 2 nitrogen and oxygen atoms in total. The normalized spacial score (nSPS) is 13.1. The van der Waals surface area contributed by atoms with Gasteiger partial charge in [-0.15, -0.1) is 11.3 Å². The van der Waals surface area contributed by atoms with E-state index in [0.29, 0.717) is 11.0 Å². The molecule has 0 spiro atoms. The average molecular weight is 215 g/mol. The lowest BCUT2D eigenvalue weighted by Gasteiger charge is -2.03. The summed E-state index contributed by atoms with van der Waals surface area (Å²) in [5.74, 6) is 0.479. The maximum Gasteiger partial charge on any atom is 0.193 e. The minimum Gasteiger partial charge on any atom is -0.447 e. The van der Waals surface area contributed by atoms with Gasteiger partial charge < -0.3 is 9.52 Å². The molecule has 0 aliphatic heterocycles. The van der Waals surface area contributed by atoms with Crippen molar-refractivity contribution in [2.24, 2.45) is 0 Å². The van der Waals surface area contributed by atoms with Crippen LogP contribution in [0.4, 0.5) is 0 Å². The Balaban J connectivity index is 2.28. The van der Waals surface area contributed by atoms with Crippen LogP contribution in [0.5, 0.6) is 0 Å². The number of thiophene rings is 1. The Morgan fingerprint density at radius 1 is 1.38 bits per heavy atom. The van der Waals surface area contributed by atoms with Gasteiger partial charge in [0.1, 0.15) is 11.9 Å². The van der Waals surface area contributed by atoms with Crippen molar-refractivity contribution in [3.05, 3.63) is 45.5 Å². The summed E-state index contributed by atoms with van der Waals surface area (Å²) in [5.41, 5.74) is 0. The highest BCUT2D eigenvalue weighted by atomic mass is 35.5. The molecule has 68 valence electrons. The van der Waals surface area contributed by atoms with Gasteiger partial charge in [0.15, 0.2) is 5.22 Å². The van der Waals surface area contributed by atoms with E-state index in [1.165, 1.54) is 11.3 Å². The maximum absolute atomic E-state index is 9.75. The molecule has 1 unspecified atom stereocenters. The third-order valence-electron chi connectivity index (χ3n) is 1.68. The molecule has 1 atom stereocenters. The number of furan rings is 1. The molecule has 0 amide bonds. The number of halogens is 1. The second kappa shape index (κ2) is 3.54. The Hall–Kier alpha value is -0.770. The smallest absolute Gasteiger partial charge is 0.193 e. The van der Waals surface area contributed by atoms with Gasteiger partial charge in [-0.3, -0.25) is 0 Å². The van der Waals surface area contributed by atoms with Crippen LogP contribution in [0, 0.1) is 0 Å². The van der Waals surface area contributed by atoms with E-state index in [1.54, 1.807) is 12.1 Å². The zero-order chi connectivity index (χ0) is 9.26. The summed E-state index contributed by atoms with van der Waals surface area (Å²) in [6, 6.07) is 7.03. The number of rotatable bonds is 2. The minimum atomic E-state index is -0.701. The van der Waals surface area contributed by atoms with Gasteiger partial charge in [-0.2, -0.15) is 0 Å². The first-order valence-electron chi connectivity index (χ1n) is 3.74. The molecule has 0 saturated carbocycles. The molecule has 0 aromatic carbocycles. The molecule has 1 N–H and O–H groups in total. The van der Waals surface area contributed by atoms with Crippen molar-refractivity contribution in [3.8, 4) is 0 Å². The van der Waals surface area contributed by atoms with Gasteiger partial charge >= 0.3 is 0 Å². The molecule has 0 fully saturated rings. The van der Waals surface area contributed by atoms with E-state index in [1.807, 2.05) is 17.5 Å². The highest BCUT2D eigenvalue weighted by Crippen LogP contribution is 2.28. The fraction of sp³-hybridized carbons (Fsp3) is 0.111. The van der Waals surface area contributed by atoms with E-state index in [0.717, 1.165) is 4.88 Å². The van der Waals surface area contributed by atoms with Gasteiger partial charge in [-0.25, -0.2) is 0 Å². The number of hydrogen-bond acceptors (Lipinski definition) is 3. The van der Waals surface area contributed by atoms with E-state index in [4.69, 9.17) is 16.0 Å². The van der Waals surface area contributed by atoms with Crippen LogP contribution in [0.15, 0.2) is 34.1 Å². The van der Waals surface area contributed by atoms with Gasteiger partial charge in [0.05, 0.1) is 0 Å². The highest BCUT2D eigenvalue weighted by molar-refractivity contribution is 7.10. The summed E-state index contributed by atoms with van der Waals surface area (Å²) >= 11 is 7.07. The third kappa shape index (κ3) is 1.77. The highest BCUT2D eigenvalue weighted by Gasteiger charge is 2.14. The van der Waals surface area contributed by atoms with Gasteiger partial charge in [-0.05, 0) is 35.2 Å². The monoisotopic (exact) mass is 214 g/mol. The van der Waals surface area contributed by atoms with Crippen LogP contribution in [-0.2, 0) is 0 Å². The van der Waals surface area contributed by atoms with Crippen LogP contribution in [0.1, 0.15) is 16.7 Å². The second-order valence-corrected chi connectivity index (χ2v) is 3.91. The van der Waals surface area contributed by atoms with Gasteiger partial charge in [0.2, 0.25) is 0 Å². The standard InChI is InChI=1S/C9H7ClO2S/c10-8-4-3-6(12-8)9(11)7-2-1-5-13-7/h1-5,9,11H. The molecular weight excluding hydrogens is 208 g/mol. The molecule has 4 heteroatoms. The Morgan fingerprint density at radius 2 is 2.23 bits per heavy atom. The zero-order valence-corrected chi connectivity index (χ0v) is 8.18. The van der Waals surface area contributed by atoms with Crippen molar-refractivity contribution < 1.29 is 9.52 Å². The third-order valence-corrected chi connectivity index (χ3v) is 2.80. The van der Waals surface area contributed by atoms with Gasteiger partial charge in [0, 0.05) is 4.88 Å². The fourth-order valence-corrected chi connectivity index (χ4v) is 1.93. The Labute approximate surface area is 84.4 Å². The molecule has 0 saturated heterocycles. The first kappa shape index (κ1) is 8.81. The van der Waals surface area contributed by atoms with E-state index in [2.05, 4.69) is 0 Å². The first-order chi connectivity index (χ1) is 6.27. The van der Waals surface area contributed by atoms with Crippen molar-refractivity contribution in [2.45, 2.75) is 6.10 Å². The van der Waals surface area contributed by atoms with Crippen LogP contribution in [0.2, 0.25) is 5.22 Å². The van der Waals surface area contributed by atoms with Crippen molar-refractivity contribution in [1.29, 1.82) is 0 Å². The first-order valence-corrected chi connectivity index (χ1v) is 5.00. The van der Waals surface area contributed by atoms with Crippen molar-refractivity contribution in [1.82, 2.24) is 0 Å². The van der Waals surface area contributed by atoms with Gasteiger partial charge in [0.25, 0.3) is 0 Å². The lowest BCUT2D eigenvalue weighted by molar-refractivity contribution is 0.193. The minimum absolute atomic E-state index is 0.297. The summed E-state index contributed by atoms with van der Waals surface area (Å²) in [6.45, 7) is 0. The molecular formula is C9H7ClO2S. The molecule has 2 aromatic rings. The lowest BCUT2D eigenvalue weighted by atomic mass is 10.2. The van der Waals surface area contributed by atoms with Crippen LogP contribution in [0.3, 0.4) is 0 Å². The largest absolute Gasteiger partial charge is 0.447 e. The molecule has 13 heavy (non-hydrogen) atoms. The molecule has 2 rings (SSSR count). The topological polar surface area (TPSA) is 33.4 Å². The SMILES string of the molecule is OC(c1ccc(Cl)o1)c1cccs1. The van der Waals surface area contributed by atoms with Crippen LogP contribution < -0.4 is 0 Å². The van der Waals surface area contributed by atoms with E-state index in [-0.39, 0.29) is 0 Å². The van der Waals surface area contributed by atoms with Crippen LogP contribution in [-0.4, -0.2) is 5.11 Å². The maximum atomic E-state index is 9.75. The summed E-state index contributed by atoms with van der Waals surface area (Å²) in [7, 11) is 0. The molecule has 0 aliphatic rings. The van der Waals surface area contributed by atoms with E-state index < -0.39 is 6.10 Å². The average Bonchev–Trinajstić information content (AvgIpc) is 2.72. The molecule has 0 bridgehead atoms. The van der Waals surface area contributed by atoms with Crippen LogP contribution >= 0.6 is 22.9 Å². The Morgan fingerprint density at radius 3 is 2.77 bits per heavy atom. The predicted octanol–water partition coefficient (Wildman–Crippen LogP) is 3.08. The van der Waals surface area contributed by atoms with Crippen molar-refractivity contribution in [3.63, 3.8) is 0 Å². The van der Waals surface area contributed by atoms with Crippen molar-refractivity contribution in [2.75, 3.05) is 0 Å². The molecule has 0 aliphatic carbocycles. The molecule has 2 aromatic heterocycles. The number of hydrogen-bond donors (Lipinski definition) is 1. The summed E-state index contributed by atoms with van der Waals surface area (Å²) < 4.78 is 5.09. The van der Waals surface area contributed by atoms with E-state index in [9.17, 15) is 5.11 Å². The second-order valence-electron chi connectivity index (χ2n) is 2.56. The quantitative estimate of drug-likeness (QED) is 0.834. The Bertz CT molecular complexity index is 380. The fourth-order valence-electron chi connectivity index (χ4n) is 1.06. The van der Waals surface area contributed by atoms with E-state index >= 15 is 0 Å². The van der Waals surface area contributed by atoms with Crippen LogP contribution in [0.25, 0.3) is 0 Å². The van der Waals surface area contributed by atoms with Crippen molar-refractivity contribution >= 4 is 22.9 Å². The molecule has 2 heterocycles. The number of aliphatic hydroxyl groups is 1.